The molecule has 25 heavy (non-hydrogen) atoms. The van der Waals surface area contributed by atoms with Crippen LogP contribution in [0.3, 0.4) is 0 Å². The average molecular weight is 333 g/mol. The van der Waals surface area contributed by atoms with Crippen LogP contribution in [0.5, 0.6) is 0 Å². The number of hydrazone groups is 1. The summed E-state index contributed by atoms with van der Waals surface area (Å²) in [5.41, 5.74) is 5.11. The number of para-hydroxylation sites is 1. The first kappa shape index (κ1) is 15.5. The van der Waals surface area contributed by atoms with Crippen LogP contribution >= 0.6 is 0 Å². The summed E-state index contributed by atoms with van der Waals surface area (Å²) < 4.78 is 5.79. The number of aromatic amines is 1. The number of aromatic nitrogens is 2. The second kappa shape index (κ2) is 6.81. The molecule has 3 aromatic rings. The number of benzene rings is 1. The molecule has 2 N–H and O–H groups in total. The Morgan fingerprint density at radius 1 is 1.28 bits per heavy atom. The quantitative estimate of drug-likeness (QED) is 0.542. The Morgan fingerprint density at radius 3 is 2.96 bits per heavy atom. The zero-order valence-corrected chi connectivity index (χ0v) is 13.8. The van der Waals surface area contributed by atoms with Crippen molar-refractivity contribution in [3.8, 4) is 6.07 Å². The van der Waals surface area contributed by atoms with Gasteiger partial charge in [0.05, 0.1) is 6.21 Å². The number of nitrogens with one attached hydrogen (secondary N) is 2. The highest BCUT2D eigenvalue weighted by atomic mass is 16.4. The van der Waals surface area contributed by atoms with Crippen molar-refractivity contribution in [1.29, 1.82) is 5.26 Å². The Morgan fingerprint density at radius 2 is 2.12 bits per heavy atom. The number of oxazole rings is 1. The van der Waals surface area contributed by atoms with Gasteiger partial charge < -0.3 is 9.40 Å². The fourth-order valence-corrected chi connectivity index (χ4v) is 3.37. The van der Waals surface area contributed by atoms with E-state index >= 15 is 0 Å². The van der Waals surface area contributed by atoms with Crippen LogP contribution in [-0.2, 0) is 0 Å². The number of fused-ring (bicyclic) bond motifs is 1. The molecule has 6 heteroatoms. The first-order valence-corrected chi connectivity index (χ1v) is 8.61. The Kier molecular flexibility index (Phi) is 4.21. The number of nitrogens with zero attached hydrogens (tertiary/aromatic N) is 3. The molecule has 1 aliphatic rings. The molecule has 1 aliphatic carbocycles. The summed E-state index contributed by atoms with van der Waals surface area (Å²) in [4.78, 5) is 7.55. The maximum absolute atomic E-state index is 9.29. The molecule has 0 bridgehead atoms. The van der Waals surface area contributed by atoms with Gasteiger partial charge >= 0.3 is 0 Å². The minimum absolute atomic E-state index is 0.261. The number of H-pyrrole nitrogens is 1. The van der Waals surface area contributed by atoms with Crippen LogP contribution in [0.25, 0.3) is 10.9 Å². The van der Waals surface area contributed by atoms with E-state index in [-0.39, 0.29) is 5.69 Å². The maximum atomic E-state index is 9.29. The summed E-state index contributed by atoms with van der Waals surface area (Å²) in [6, 6.07) is 10.1. The Bertz CT molecular complexity index is 940. The van der Waals surface area contributed by atoms with Gasteiger partial charge in [-0.25, -0.2) is 10.4 Å². The minimum Gasteiger partial charge on any atom is -0.422 e. The highest BCUT2D eigenvalue weighted by Gasteiger charge is 2.23. The van der Waals surface area contributed by atoms with Gasteiger partial charge in [0.1, 0.15) is 6.07 Å². The lowest BCUT2D eigenvalue weighted by molar-refractivity contribution is 0.367. The maximum Gasteiger partial charge on any atom is 0.252 e. The van der Waals surface area contributed by atoms with Crippen LogP contribution in [-0.4, -0.2) is 16.2 Å². The van der Waals surface area contributed by atoms with Crippen LogP contribution in [0, 0.1) is 11.3 Å². The van der Waals surface area contributed by atoms with Gasteiger partial charge in [0.2, 0.25) is 11.6 Å². The monoisotopic (exact) mass is 333 g/mol. The molecule has 1 saturated carbocycles. The van der Waals surface area contributed by atoms with E-state index in [1.165, 1.54) is 19.3 Å². The van der Waals surface area contributed by atoms with E-state index in [1.807, 2.05) is 30.5 Å². The molecule has 0 unspecified atom stereocenters. The van der Waals surface area contributed by atoms with Crippen LogP contribution in [0.1, 0.15) is 55.2 Å². The van der Waals surface area contributed by atoms with Gasteiger partial charge in [-0.05, 0) is 18.9 Å². The number of anilines is 1. The molecular formula is C19H19N5O. The van der Waals surface area contributed by atoms with Crippen molar-refractivity contribution >= 4 is 23.0 Å². The molecule has 1 fully saturated rings. The third-order valence-corrected chi connectivity index (χ3v) is 4.69. The number of hydrogen-bond donors (Lipinski definition) is 2. The summed E-state index contributed by atoms with van der Waals surface area (Å²) >= 11 is 0. The summed E-state index contributed by atoms with van der Waals surface area (Å²) in [6.45, 7) is 0. The summed E-state index contributed by atoms with van der Waals surface area (Å²) in [5, 5.41) is 14.6. The first-order valence-electron chi connectivity index (χ1n) is 8.61. The predicted molar refractivity (Wildman–Crippen MR) is 96.6 cm³/mol. The lowest BCUT2D eigenvalue weighted by atomic mass is 9.89. The van der Waals surface area contributed by atoms with Crippen molar-refractivity contribution < 1.29 is 4.42 Å². The molecule has 0 spiro atoms. The summed E-state index contributed by atoms with van der Waals surface area (Å²) in [6.07, 6.45) is 9.40. The van der Waals surface area contributed by atoms with Crippen molar-refractivity contribution in [2.24, 2.45) is 5.10 Å². The van der Waals surface area contributed by atoms with Crippen molar-refractivity contribution in [2.45, 2.75) is 38.0 Å². The van der Waals surface area contributed by atoms with Gasteiger partial charge in [0.15, 0.2) is 0 Å². The number of hydrogen-bond acceptors (Lipinski definition) is 5. The standard InChI is InChI=1S/C19H19N5O/c20-10-17-19(25-18(23-17)13-6-2-1-3-7-13)24-22-12-14-11-21-16-9-5-4-8-15(14)16/h4-5,8-9,11-13,21,24H,1-3,6-7H2/b22-12+. The van der Waals surface area contributed by atoms with Crippen LogP contribution in [0.15, 0.2) is 40.0 Å². The summed E-state index contributed by atoms with van der Waals surface area (Å²) in [5.74, 6) is 1.29. The largest absolute Gasteiger partial charge is 0.422 e. The third-order valence-electron chi connectivity index (χ3n) is 4.69. The molecule has 6 nitrogen and oxygen atoms in total. The highest BCUT2D eigenvalue weighted by molar-refractivity contribution is 5.99. The molecule has 2 heterocycles. The molecule has 1 aromatic carbocycles. The molecule has 0 amide bonds. The molecule has 0 radical (unpaired) electrons. The molecule has 2 aromatic heterocycles. The fraction of sp³-hybridized carbons (Fsp3) is 0.316. The van der Waals surface area contributed by atoms with Crippen LogP contribution < -0.4 is 5.43 Å². The van der Waals surface area contributed by atoms with E-state index in [9.17, 15) is 5.26 Å². The first-order chi connectivity index (χ1) is 12.3. The van der Waals surface area contributed by atoms with E-state index in [2.05, 4.69) is 26.6 Å². The summed E-state index contributed by atoms with van der Waals surface area (Å²) in [7, 11) is 0. The Hall–Kier alpha value is -3.07. The highest BCUT2D eigenvalue weighted by Crippen LogP contribution is 2.34. The van der Waals surface area contributed by atoms with Gasteiger partial charge in [0, 0.05) is 28.6 Å². The second-order valence-electron chi connectivity index (χ2n) is 6.34. The lowest BCUT2D eigenvalue weighted by Crippen LogP contribution is -2.04. The van der Waals surface area contributed by atoms with E-state index < -0.39 is 0 Å². The fourth-order valence-electron chi connectivity index (χ4n) is 3.37. The van der Waals surface area contributed by atoms with Gasteiger partial charge in [-0.3, -0.25) is 0 Å². The Balaban J connectivity index is 1.52. The lowest BCUT2D eigenvalue weighted by Gasteiger charge is -2.17. The molecule has 0 aliphatic heterocycles. The van der Waals surface area contributed by atoms with Crippen molar-refractivity contribution in [3.63, 3.8) is 0 Å². The zero-order chi connectivity index (χ0) is 17.1. The predicted octanol–water partition coefficient (Wildman–Crippen LogP) is 4.52. The Labute approximate surface area is 145 Å². The van der Waals surface area contributed by atoms with Crippen molar-refractivity contribution in [1.82, 2.24) is 9.97 Å². The molecule has 4 rings (SSSR count). The van der Waals surface area contributed by atoms with E-state index in [4.69, 9.17) is 4.42 Å². The van der Waals surface area contributed by atoms with Crippen LogP contribution in [0.4, 0.5) is 5.88 Å². The van der Waals surface area contributed by atoms with E-state index in [0.29, 0.717) is 17.7 Å². The van der Waals surface area contributed by atoms with Gasteiger partial charge in [0.25, 0.3) is 5.88 Å². The van der Waals surface area contributed by atoms with Gasteiger partial charge in [-0.1, -0.05) is 37.5 Å². The van der Waals surface area contributed by atoms with Gasteiger partial charge in [-0.2, -0.15) is 10.4 Å². The molecule has 0 atom stereocenters. The van der Waals surface area contributed by atoms with Crippen LogP contribution in [0.2, 0.25) is 0 Å². The van der Waals surface area contributed by atoms with Crippen molar-refractivity contribution in [2.75, 3.05) is 5.43 Å². The van der Waals surface area contributed by atoms with Crippen molar-refractivity contribution in [3.05, 3.63) is 47.6 Å². The van der Waals surface area contributed by atoms with E-state index in [1.54, 1.807) is 6.21 Å². The molecular weight excluding hydrogens is 314 g/mol. The minimum atomic E-state index is 0.261. The molecule has 0 saturated heterocycles. The number of nitriles is 1. The average Bonchev–Trinajstić information content (AvgIpc) is 3.27. The smallest absolute Gasteiger partial charge is 0.252 e. The topological polar surface area (TPSA) is 90.0 Å². The normalized spacial score (nSPS) is 15.6. The SMILES string of the molecule is N#Cc1nc(C2CCCCC2)oc1N/N=C/c1c[nH]c2ccccc12. The number of rotatable bonds is 4. The molecule has 126 valence electrons. The second-order valence-corrected chi connectivity index (χ2v) is 6.34. The zero-order valence-electron chi connectivity index (χ0n) is 13.8. The third kappa shape index (κ3) is 3.13. The van der Waals surface area contributed by atoms with Gasteiger partial charge in [-0.15, -0.1) is 0 Å². The van der Waals surface area contributed by atoms with E-state index in [0.717, 1.165) is 29.3 Å².